The van der Waals surface area contributed by atoms with E-state index in [-0.39, 0.29) is 0 Å². The molecule has 1 saturated carbocycles. The van der Waals surface area contributed by atoms with Crippen LogP contribution >= 0.6 is 0 Å². The minimum Gasteiger partial charge on any atom is -0.493 e. The van der Waals surface area contributed by atoms with Crippen molar-refractivity contribution in [2.45, 2.75) is 51.0 Å². The standard InChI is InChI=1S/C17H25NO/c1-2-11-18-17(13-6-5-7-13)15-10-12-19-16-9-4-3-8-14(15)16/h3-4,8-9,13,15,17-18H,2,5-7,10-12H2,1H3. The van der Waals surface area contributed by atoms with E-state index in [0.29, 0.717) is 12.0 Å². The second-order valence-corrected chi connectivity index (χ2v) is 5.95. The molecule has 1 aliphatic heterocycles. The van der Waals surface area contributed by atoms with Crippen LogP contribution in [0.15, 0.2) is 24.3 Å². The highest BCUT2D eigenvalue weighted by atomic mass is 16.5. The van der Waals surface area contributed by atoms with Crippen molar-refractivity contribution in [3.8, 4) is 5.75 Å². The number of ether oxygens (including phenoxy) is 1. The molecule has 0 saturated heterocycles. The summed E-state index contributed by atoms with van der Waals surface area (Å²) in [5.74, 6) is 2.63. The van der Waals surface area contributed by atoms with Gasteiger partial charge in [-0.05, 0) is 49.8 Å². The molecule has 0 aromatic heterocycles. The SMILES string of the molecule is CCCNC(C1CCC1)C1CCOc2ccccc21. The molecular formula is C17H25NO. The predicted octanol–water partition coefficient (Wildman–Crippen LogP) is 3.72. The Labute approximate surface area is 116 Å². The second kappa shape index (κ2) is 5.96. The largest absolute Gasteiger partial charge is 0.493 e. The lowest BCUT2D eigenvalue weighted by atomic mass is 9.71. The summed E-state index contributed by atoms with van der Waals surface area (Å²) in [7, 11) is 0. The Kier molecular flexibility index (Phi) is 4.07. The second-order valence-electron chi connectivity index (χ2n) is 5.95. The highest BCUT2D eigenvalue weighted by Crippen LogP contribution is 2.42. The molecule has 2 unspecified atom stereocenters. The van der Waals surface area contributed by atoms with E-state index >= 15 is 0 Å². The minimum atomic E-state index is 0.641. The van der Waals surface area contributed by atoms with Gasteiger partial charge < -0.3 is 10.1 Å². The summed E-state index contributed by atoms with van der Waals surface area (Å²) in [6.45, 7) is 4.27. The predicted molar refractivity (Wildman–Crippen MR) is 78.7 cm³/mol. The van der Waals surface area contributed by atoms with Gasteiger partial charge in [0.05, 0.1) is 6.61 Å². The number of para-hydroxylation sites is 1. The maximum atomic E-state index is 5.81. The fraction of sp³-hybridized carbons (Fsp3) is 0.647. The highest BCUT2D eigenvalue weighted by molar-refractivity contribution is 5.39. The van der Waals surface area contributed by atoms with Gasteiger partial charge in [-0.2, -0.15) is 0 Å². The van der Waals surface area contributed by atoms with Crippen LogP contribution in [0.4, 0.5) is 0 Å². The van der Waals surface area contributed by atoms with Crippen molar-refractivity contribution in [3.05, 3.63) is 29.8 Å². The molecule has 1 aromatic carbocycles. The topological polar surface area (TPSA) is 21.3 Å². The minimum absolute atomic E-state index is 0.641. The Morgan fingerprint density at radius 3 is 2.84 bits per heavy atom. The first-order valence-electron chi connectivity index (χ1n) is 7.85. The van der Waals surface area contributed by atoms with Crippen molar-refractivity contribution in [3.63, 3.8) is 0 Å². The number of nitrogens with one attached hydrogen (secondary N) is 1. The lowest BCUT2D eigenvalue weighted by Gasteiger charge is -2.41. The summed E-state index contributed by atoms with van der Waals surface area (Å²) in [5, 5.41) is 3.83. The highest BCUT2D eigenvalue weighted by Gasteiger charge is 2.36. The Morgan fingerprint density at radius 2 is 2.11 bits per heavy atom. The maximum Gasteiger partial charge on any atom is 0.122 e. The molecule has 2 nitrogen and oxygen atoms in total. The average Bonchev–Trinajstić information content (AvgIpc) is 2.41. The smallest absolute Gasteiger partial charge is 0.122 e. The fourth-order valence-electron chi connectivity index (χ4n) is 3.49. The fourth-order valence-corrected chi connectivity index (χ4v) is 3.49. The van der Waals surface area contributed by atoms with Gasteiger partial charge in [0.15, 0.2) is 0 Å². The number of hydrogen-bond donors (Lipinski definition) is 1. The number of rotatable bonds is 5. The molecule has 2 aliphatic rings. The first kappa shape index (κ1) is 13.0. The van der Waals surface area contributed by atoms with Crippen LogP contribution in [0.2, 0.25) is 0 Å². The molecule has 2 atom stereocenters. The Morgan fingerprint density at radius 1 is 1.26 bits per heavy atom. The van der Waals surface area contributed by atoms with Gasteiger partial charge in [-0.15, -0.1) is 0 Å². The van der Waals surface area contributed by atoms with Gasteiger partial charge in [0.1, 0.15) is 5.75 Å². The molecule has 0 radical (unpaired) electrons. The van der Waals surface area contributed by atoms with Crippen LogP contribution in [0, 0.1) is 5.92 Å². The van der Waals surface area contributed by atoms with E-state index in [0.717, 1.165) is 31.2 Å². The summed E-state index contributed by atoms with van der Waals surface area (Å²) in [5.41, 5.74) is 1.43. The summed E-state index contributed by atoms with van der Waals surface area (Å²) >= 11 is 0. The van der Waals surface area contributed by atoms with Crippen LogP contribution in [0.25, 0.3) is 0 Å². The zero-order chi connectivity index (χ0) is 13.1. The van der Waals surface area contributed by atoms with Crippen molar-refractivity contribution < 1.29 is 4.74 Å². The van der Waals surface area contributed by atoms with Gasteiger partial charge in [0, 0.05) is 12.0 Å². The van der Waals surface area contributed by atoms with E-state index in [9.17, 15) is 0 Å². The van der Waals surface area contributed by atoms with Crippen LogP contribution in [0.1, 0.15) is 50.5 Å². The normalized spacial score (nSPS) is 24.2. The number of hydrogen-bond acceptors (Lipinski definition) is 2. The molecular weight excluding hydrogens is 234 g/mol. The van der Waals surface area contributed by atoms with E-state index in [1.165, 1.54) is 31.2 Å². The van der Waals surface area contributed by atoms with Gasteiger partial charge in [-0.25, -0.2) is 0 Å². The van der Waals surface area contributed by atoms with Crippen LogP contribution in [-0.4, -0.2) is 19.2 Å². The Hall–Kier alpha value is -1.02. The van der Waals surface area contributed by atoms with Gasteiger partial charge >= 0.3 is 0 Å². The molecule has 0 bridgehead atoms. The lowest BCUT2D eigenvalue weighted by molar-refractivity contribution is 0.169. The molecule has 1 N–H and O–H groups in total. The number of fused-ring (bicyclic) bond motifs is 1. The first-order chi connectivity index (χ1) is 9.40. The molecule has 19 heavy (non-hydrogen) atoms. The third-order valence-corrected chi connectivity index (χ3v) is 4.73. The molecule has 1 aliphatic carbocycles. The molecule has 0 amide bonds. The van der Waals surface area contributed by atoms with Gasteiger partial charge in [0.2, 0.25) is 0 Å². The zero-order valence-electron chi connectivity index (χ0n) is 11.9. The van der Waals surface area contributed by atoms with Crippen LogP contribution in [0.5, 0.6) is 5.75 Å². The van der Waals surface area contributed by atoms with E-state index in [2.05, 4.69) is 36.5 Å². The van der Waals surface area contributed by atoms with Crippen molar-refractivity contribution in [2.24, 2.45) is 5.92 Å². The molecule has 0 spiro atoms. The van der Waals surface area contributed by atoms with E-state index in [1.54, 1.807) is 0 Å². The molecule has 3 rings (SSSR count). The summed E-state index contributed by atoms with van der Waals surface area (Å²) in [6.07, 6.45) is 6.60. The molecule has 1 aromatic rings. The van der Waals surface area contributed by atoms with Gasteiger partial charge in [-0.3, -0.25) is 0 Å². The van der Waals surface area contributed by atoms with Crippen LogP contribution in [0.3, 0.4) is 0 Å². The van der Waals surface area contributed by atoms with Crippen LogP contribution < -0.4 is 10.1 Å². The summed E-state index contributed by atoms with van der Waals surface area (Å²) < 4.78 is 5.81. The van der Waals surface area contributed by atoms with E-state index < -0.39 is 0 Å². The van der Waals surface area contributed by atoms with Gasteiger partial charge in [-0.1, -0.05) is 31.5 Å². The molecule has 104 valence electrons. The maximum absolute atomic E-state index is 5.81. The van der Waals surface area contributed by atoms with Crippen molar-refractivity contribution in [1.82, 2.24) is 5.32 Å². The first-order valence-corrected chi connectivity index (χ1v) is 7.85. The van der Waals surface area contributed by atoms with Crippen molar-refractivity contribution in [2.75, 3.05) is 13.2 Å². The van der Waals surface area contributed by atoms with Crippen molar-refractivity contribution >= 4 is 0 Å². The molecule has 2 heteroatoms. The quantitative estimate of drug-likeness (QED) is 0.870. The Balaban J connectivity index is 1.81. The van der Waals surface area contributed by atoms with E-state index in [1.807, 2.05) is 0 Å². The molecule has 1 fully saturated rings. The summed E-state index contributed by atoms with van der Waals surface area (Å²) in [4.78, 5) is 0. The number of benzene rings is 1. The molecule has 1 heterocycles. The third kappa shape index (κ3) is 2.64. The van der Waals surface area contributed by atoms with Gasteiger partial charge in [0.25, 0.3) is 0 Å². The monoisotopic (exact) mass is 259 g/mol. The van der Waals surface area contributed by atoms with Crippen molar-refractivity contribution in [1.29, 1.82) is 0 Å². The Bertz CT molecular complexity index is 413. The van der Waals surface area contributed by atoms with E-state index in [4.69, 9.17) is 4.74 Å². The third-order valence-electron chi connectivity index (χ3n) is 4.73. The lowest BCUT2D eigenvalue weighted by Crippen LogP contribution is -2.45. The van der Waals surface area contributed by atoms with Crippen LogP contribution in [-0.2, 0) is 0 Å². The zero-order valence-corrected chi connectivity index (χ0v) is 11.9. The average molecular weight is 259 g/mol. The summed E-state index contributed by atoms with van der Waals surface area (Å²) in [6, 6.07) is 9.27.